The Balaban J connectivity index is 3.83. The van der Waals surface area contributed by atoms with Crippen molar-refractivity contribution in [2.24, 2.45) is 11.8 Å². The van der Waals surface area contributed by atoms with Gasteiger partial charge in [-0.1, -0.05) is 13.8 Å². The third-order valence-corrected chi connectivity index (χ3v) is 1.74. The number of rotatable bonds is 4. The second kappa shape index (κ2) is 4.73. The fraction of sp³-hybridized carbons (Fsp3) is 0.750. The molecule has 0 rings (SSSR count). The first-order valence-corrected chi connectivity index (χ1v) is 3.74. The van der Waals surface area contributed by atoms with Crippen molar-refractivity contribution in [3.05, 3.63) is 0 Å². The number of hydrogen-bond acceptors (Lipinski definition) is 2. The van der Waals surface area contributed by atoms with Crippen LogP contribution in [0.2, 0.25) is 0 Å². The Morgan fingerprint density at radius 1 is 1.73 bits per heavy atom. The summed E-state index contributed by atoms with van der Waals surface area (Å²) in [6.07, 6.45) is 1.19. The molecule has 0 saturated carbocycles. The number of nitriles is 1. The van der Waals surface area contributed by atoms with E-state index in [0.717, 1.165) is 6.42 Å². The Labute approximate surface area is 66.6 Å². The molecule has 0 fully saturated rings. The van der Waals surface area contributed by atoms with Gasteiger partial charge in [0.1, 0.15) is 0 Å². The van der Waals surface area contributed by atoms with E-state index in [9.17, 15) is 4.79 Å². The molecule has 0 bridgehead atoms. The molecule has 0 aromatic heterocycles. The van der Waals surface area contributed by atoms with Crippen LogP contribution in [0.4, 0.5) is 0 Å². The van der Waals surface area contributed by atoms with Crippen LogP contribution in [0.3, 0.4) is 0 Å². The maximum atomic E-state index is 10.4. The van der Waals surface area contributed by atoms with E-state index < -0.39 is 11.9 Å². The number of aliphatic carboxylic acids is 1. The molecule has 1 N–H and O–H groups in total. The molecular weight excluding hydrogens is 142 g/mol. The highest BCUT2D eigenvalue weighted by atomic mass is 16.4. The lowest BCUT2D eigenvalue weighted by molar-refractivity contribution is -0.141. The van der Waals surface area contributed by atoms with Gasteiger partial charge >= 0.3 is 5.97 Å². The quantitative estimate of drug-likeness (QED) is 0.671. The zero-order valence-electron chi connectivity index (χ0n) is 6.87. The third kappa shape index (κ3) is 3.61. The lowest BCUT2D eigenvalue weighted by Crippen LogP contribution is -2.13. The van der Waals surface area contributed by atoms with E-state index in [2.05, 4.69) is 6.07 Å². The van der Waals surface area contributed by atoms with Crippen molar-refractivity contribution >= 4 is 5.97 Å². The molecule has 0 saturated heterocycles. The molecule has 62 valence electrons. The van der Waals surface area contributed by atoms with Gasteiger partial charge in [0.2, 0.25) is 0 Å². The molecule has 0 amide bonds. The summed E-state index contributed by atoms with van der Waals surface area (Å²) in [6, 6.07) is 2.07. The second-order valence-corrected chi connectivity index (χ2v) is 2.71. The molecule has 0 aliphatic carbocycles. The second-order valence-electron chi connectivity index (χ2n) is 2.71. The Kier molecular flexibility index (Phi) is 4.28. The van der Waals surface area contributed by atoms with Gasteiger partial charge in [0.05, 0.1) is 12.0 Å². The minimum Gasteiger partial charge on any atom is -0.481 e. The molecule has 0 aliphatic heterocycles. The van der Waals surface area contributed by atoms with Gasteiger partial charge in [-0.3, -0.25) is 4.79 Å². The van der Waals surface area contributed by atoms with E-state index in [4.69, 9.17) is 10.4 Å². The fourth-order valence-electron chi connectivity index (χ4n) is 0.838. The van der Waals surface area contributed by atoms with E-state index in [1.807, 2.05) is 6.92 Å². The summed E-state index contributed by atoms with van der Waals surface area (Å²) >= 11 is 0. The van der Waals surface area contributed by atoms with E-state index >= 15 is 0 Å². The van der Waals surface area contributed by atoms with Gasteiger partial charge in [-0.05, 0) is 12.8 Å². The van der Waals surface area contributed by atoms with Crippen molar-refractivity contribution in [3.8, 4) is 6.07 Å². The number of hydrogen-bond donors (Lipinski definition) is 1. The zero-order chi connectivity index (χ0) is 8.85. The average molecular weight is 155 g/mol. The van der Waals surface area contributed by atoms with Gasteiger partial charge in [-0.15, -0.1) is 0 Å². The summed E-state index contributed by atoms with van der Waals surface area (Å²) in [5.74, 6) is -1.33. The largest absolute Gasteiger partial charge is 0.481 e. The van der Waals surface area contributed by atoms with E-state index in [0.29, 0.717) is 6.42 Å². The minimum absolute atomic E-state index is 0.110. The molecule has 2 unspecified atom stereocenters. The lowest BCUT2D eigenvalue weighted by atomic mass is 9.95. The highest BCUT2D eigenvalue weighted by Gasteiger charge is 2.15. The summed E-state index contributed by atoms with van der Waals surface area (Å²) in [5, 5.41) is 17.0. The van der Waals surface area contributed by atoms with Gasteiger partial charge in [0.15, 0.2) is 0 Å². The van der Waals surface area contributed by atoms with Crippen molar-refractivity contribution in [1.82, 2.24) is 0 Å². The molecule has 0 spiro atoms. The maximum absolute atomic E-state index is 10.4. The molecule has 0 aliphatic rings. The van der Waals surface area contributed by atoms with Gasteiger partial charge in [0, 0.05) is 5.92 Å². The van der Waals surface area contributed by atoms with Crippen LogP contribution < -0.4 is 0 Å². The van der Waals surface area contributed by atoms with E-state index in [-0.39, 0.29) is 5.92 Å². The lowest BCUT2D eigenvalue weighted by Gasteiger charge is -2.08. The van der Waals surface area contributed by atoms with Gasteiger partial charge < -0.3 is 5.11 Å². The normalized spacial score (nSPS) is 15.0. The summed E-state index contributed by atoms with van der Waals surface area (Å²) in [5.41, 5.74) is 0. The monoisotopic (exact) mass is 155 g/mol. The maximum Gasteiger partial charge on any atom is 0.306 e. The van der Waals surface area contributed by atoms with Gasteiger partial charge in [-0.25, -0.2) is 0 Å². The van der Waals surface area contributed by atoms with Gasteiger partial charge in [0.25, 0.3) is 0 Å². The van der Waals surface area contributed by atoms with Crippen LogP contribution in [0.1, 0.15) is 26.7 Å². The van der Waals surface area contributed by atoms with Crippen LogP contribution in [0, 0.1) is 23.2 Å². The molecule has 0 radical (unpaired) electrons. The Morgan fingerprint density at radius 2 is 2.27 bits per heavy atom. The van der Waals surface area contributed by atoms with E-state index in [1.165, 1.54) is 0 Å². The predicted octanol–water partition coefficient (Wildman–Crippen LogP) is 1.65. The Hall–Kier alpha value is -1.04. The first-order valence-electron chi connectivity index (χ1n) is 3.74. The molecule has 2 atom stereocenters. The van der Waals surface area contributed by atoms with Crippen molar-refractivity contribution in [2.75, 3.05) is 0 Å². The average Bonchev–Trinajstić information content (AvgIpc) is 1.99. The highest BCUT2D eigenvalue weighted by molar-refractivity contribution is 5.69. The predicted molar refractivity (Wildman–Crippen MR) is 40.8 cm³/mol. The summed E-state index contributed by atoms with van der Waals surface area (Å²) < 4.78 is 0. The minimum atomic E-state index is -0.821. The van der Waals surface area contributed by atoms with E-state index in [1.54, 1.807) is 6.92 Å². The van der Waals surface area contributed by atoms with Crippen molar-refractivity contribution < 1.29 is 9.90 Å². The third-order valence-electron chi connectivity index (χ3n) is 1.74. The highest BCUT2D eigenvalue weighted by Crippen LogP contribution is 2.14. The topological polar surface area (TPSA) is 61.1 Å². The van der Waals surface area contributed by atoms with Gasteiger partial charge in [-0.2, -0.15) is 5.26 Å². The van der Waals surface area contributed by atoms with Crippen LogP contribution in [0.25, 0.3) is 0 Å². The molecule has 3 nitrogen and oxygen atoms in total. The first kappa shape index (κ1) is 9.96. The first-order chi connectivity index (χ1) is 5.11. The Morgan fingerprint density at radius 3 is 2.55 bits per heavy atom. The summed E-state index contributed by atoms with van der Waals surface area (Å²) in [7, 11) is 0. The van der Waals surface area contributed by atoms with Crippen LogP contribution in [-0.4, -0.2) is 11.1 Å². The Bertz CT molecular complexity index is 171. The number of carbonyl (C=O) groups is 1. The molecular formula is C8H13NO2. The molecule has 0 aromatic rings. The van der Waals surface area contributed by atoms with Crippen LogP contribution >= 0.6 is 0 Å². The van der Waals surface area contributed by atoms with Crippen LogP contribution in [0.15, 0.2) is 0 Å². The SMILES string of the molecule is CCC(C#N)CC(C)C(=O)O. The standard InChI is InChI=1S/C8H13NO2/c1-3-7(5-9)4-6(2)8(10)11/h6-7H,3-4H2,1-2H3,(H,10,11). The van der Waals surface area contributed by atoms with Crippen molar-refractivity contribution in [2.45, 2.75) is 26.7 Å². The number of carboxylic acids is 1. The molecule has 11 heavy (non-hydrogen) atoms. The smallest absolute Gasteiger partial charge is 0.306 e. The van der Waals surface area contributed by atoms with Crippen LogP contribution in [0.5, 0.6) is 0 Å². The van der Waals surface area contributed by atoms with Crippen LogP contribution in [-0.2, 0) is 4.79 Å². The number of nitrogens with zero attached hydrogens (tertiary/aromatic N) is 1. The number of carboxylic acid groups (broad SMARTS) is 1. The zero-order valence-corrected chi connectivity index (χ0v) is 6.87. The summed E-state index contributed by atoms with van der Waals surface area (Å²) in [4.78, 5) is 10.4. The summed E-state index contributed by atoms with van der Waals surface area (Å²) in [6.45, 7) is 3.52. The molecule has 0 aromatic carbocycles. The van der Waals surface area contributed by atoms with Crippen molar-refractivity contribution in [3.63, 3.8) is 0 Å². The van der Waals surface area contributed by atoms with Crippen molar-refractivity contribution in [1.29, 1.82) is 5.26 Å². The molecule has 0 heterocycles. The molecule has 3 heteroatoms. The fourth-order valence-corrected chi connectivity index (χ4v) is 0.838.